The lowest BCUT2D eigenvalue weighted by Crippen LogP contribution is -2.58. The molecule has 11 heteroatoms. The summed E-state index contributed by atoms with van der Waals surface area (Å²) >= 11 is 1.38. The van der Waals surface area contributed by atoms with E-state index in [0.29, 0.717) is 58.2 Å². The minimum atomic E-state index is -1.01. The van der Waals surface area contributed by atoms with Gasteiger partial charge in [-0.05, 0) is 38.5 Å². The highest BCUT2D eigenvalue weighted by Gasteiger charge is 2.36. The SMILES string of the molecule is C=CC(=O)N1[C@H](C)CN(c2nc(=O)n3c4c(c(-c5c(F)cc(F)cc5F)c(C)cc24)SC[C@@H]3COC)C[C@@H]1C. The molecule has 7 nitrogen and oxygen atoms in total. The van der Waals surface area contributed by atoms with Gasteiger partial charge >= 0.3 is 5.69 Å². The summed E-state index contributed by atoms with van der Waals surface area (Å²) in [5.74, 6) is -2.32. The molecule has 5 rings (SSSR count). The van der Waals surface area contributed by atoms with Crippen molar-refractivity contribution in [2.24, 2.45) is 0 Å². The summed E-state index contributed by atoms with van der Waals surface area (Å²) in [6.45, 7) is 10.3. The van der Waals surface area contributed by atoms with Gasteiger partial charge in [-0.2, -0.15) is 4.98 Å². The minimum absolute atomic E-state index is 0.165. The normalized spacial score (nSPS) is 20.9. The highest BCUT2D eigenvalue weighted by Crippen LogP contribution is 2.47. The molecule has 206 valence electrons. The van der Waals surface area contributed by atoms with Gasteiger partial charge in [0, 0.05) is 66.0 Å². The van der Waals surface area contributed by atoms with Gasteiger partial charge in [-0.3, -0.25) is 9.36 Å². The number of anilines is 1. The number of hydrogen-bond acceptors (Lipinski definition) is 6. The van der Waals surface area contributed by atoms with Crippen LogP contribution in [-0.2, 0) is 9.53 Å². The Morgan fingerprint density at radius 3 is 2.38 bits per heavy atom. The predicted molar refractivity (Wildman–Crippen MR) is 146 cm³/mol. The smallest absolute Gasteiger partial charge is 0.350 e. The number of aromatic nitrogens is 2. The molecule has 2 aliphatic rings. The standard InChI is InChI=1S/C28H29F3N4O3S/c1-6-22(36)34-15(3)10-33(11-16(34)4)27-19-7-14(2)23(24-20(30)8-17(29)9-21(24)31)26-25(19)35(28(37)32-27)18(12-38-5)13-39-26/h6-9,15-16,18H,1,10-13H2,2-5H3/t15-,16+,18-/m0/s1. The van der Waals surface area contributed by atoms with E-state index in [2.05, 4.69) is 11.6 Å². The second kappa shape index (κ2) is 10.3. The van der Waals surface area contributed by atoms with Crippen molar-refractivity contribution in [2.45, 2.75) is 43.8 Å². The third-order valence-corrected chi connectivity index (χ3v) is 8.63. The van der Waals surface area contributed by atoms with Crippen molar-refractivity contribution in [1.29, 1.82) is 0 Å². The molecule has 0 N–H and O–H groups in total. The number of aryl methyl sites for hydroxylation is 1. The maximum Gasteiger partial charge on any atom is 0.350 e. The molecule has 1 aromatic heterocycles. The molecule has 39 heavy (non-hydrogen) atoms. The molecule has 0 spiro atoms. The summed E-state index contributed by atoms with van der Waals surface area (Å²) in [5, 5.41) is 0.657. The molecule has 3 atom stereocenters. The molecule has 2 aliphatic heterocycles. The molecule has 2 aromatic carbocycles. The fourth-order valence-electron chi connectivity index (χ4n) is 5.90. The fourth-order valence-corrected chi connectivity index (χ4v) is 7.26. The van der Waals surface area contributed by atoms with Crippen LogP contribution in [0.15, 0.2) is 40.5 Å². The molecule has 0 aliphatic carbocycles. The first kappa shape index (κ1) is 27.3. The molecule has 0 saturated carbocycles. The highest BCUT2D eigenvalue weighted by atomic mass is 32.2. The van der Waals surface area contributed by atoms with Crippen molar-refractivity contribution in [2.75, 3.05) is 37.5 Å². The lowest BCUT2D eigenvalue weighted by molar-refractivity contribution is -0.130. The van der Waals surface area contributed by atoms with Crippen molar-refractivity contribution in [3.05, 3.63) is 64.4 Å². The Morgan fingerprint density at radius 2 is 1.79 bits per heavy atom. The maximum absolute atomic E-state index is 15.0. The molecule has 0 unspecified atom stereocenters. The van der Waals surface area contributed by atoms with Crippen LogP contribution in [0.25, 0.3) is 22.0 Å². The largest absolute Gasteiger partial charge is 0.383 e. The van der Waals surface area contributed by atoms with Gasteiger partial charge in [0.05, 0.1) is 23.7 Å². The van der Waals surface area contributed by atoms with Crippen LogP contribution in [-0.4, -0.2) is 65.0 Å². The maximum atomic E-state index is 15.0. The second-order valence-corrected chi connectivity index (χ2v) is 11.1. The minimum Gasteiger partial charge on any atom is -0.383 e. The second-order valence-electron chi connectivity index (χ2n) is 10.1. The van der Waals surface area contributed by atoms with Crippen molar-refractivity contribution in [3.8, 4) is 11.1 Å². The quantitative estimate of drug-likeness (QED) is 0.424. The molecular formula is C28H29F3N4O3S. The van der Waals surface area contributed by atoms with E-state index in [1.807, 2.05) is 18.7 Å². The zero-order chi connectivity index (χ0) is 28.2. The van der Waals surface area contributed by atoms with Crippen LogP contribution in [0.3, 0.4) is 0 Å². The monoisotopic (exact) mass is 558 g/mol. The van der Waals surface area contributed by atoms with E-state index in [9.17, 15) is 14.0 Å². The Bertz CT molecular complexity index is 1520. The topological polar surface area (TPSA) is 67.7 Å². The third-order valence-electron chi connectivity index (χ3n) is 7.39. The molecule has 3 aromatic rings. The number of hydrogen-bond donors (Lipinski definition) is 0. The number of ether oxygens (including phenoxy) is 1. The number of thioether (sulfide) groups is 1. The van der Waals surface area contributed by atoms with Gasteiger partial charge < -0.3 is 14.5 Å². The Morgan fingerprint density at radius 1 is 1.15 bits per heavy atom. The van der Waals surface area contributed by atoms with Crippen molar-refractivity contribution >= 4 is 34.4 Å². The number of nitrogens with zero attached hydrogens (tertiary/aromatic N) is 4. The number of halogens is 3. The average molecular weight is 559 g/mol. The summed E-state index contributed by atoms with van der Waals surface area (Å²) < 4.78 is 50.8. The average Bonchev–Trinajstić information content (AvgIpc) is 2.86. The van der Waals surface area contributed by atoms with E-state index in [0.717, 1.165) is 0 Å². The molecule has 1 amide bonds. The van der Waals surface area contributed by atoms with Gasteiger partial charge in [0.15, 0.2) is 0 Å². The first-order chi connectivity index (χ1) is 18.6. The predicted octanol–water partition coefficient (Wildman–Crippen LogP) is 4.69. The Hall–Kier alpha value is -3.31. The fraction of sp³-hybridized carbons (Fsp3) is 0.393. The molecule has 0 radical (unpaired) electrons. The number of rotatable bonds is 5. The first-order valence-electron chi connectivity index (χ1n) is 12.6. The number of carbonyl (C=O) groups excluding carboxylic acids is 1. The zero-order valence-electron chi connectivity index (χ0n) is 22.1. The molecule has 0 bridgehead atoms. The number of carbonyl (C=O) groups is 1. The highest BCUT2D eigenvalue weighted by molar-refractivity contribution is 7.99. The van der Waals surface area contributed by atoms with Crippen LogP contribution in [0.5, 0.6) is 0 Å². The molecule has 1 fully saturated rings. The summed E-state index contributed by atoms with van der Waals surface area (Å²) in [6, 6.07) is 2.40. The van der Waals surface area contributed by atoms with Crippen molar-refractivity contribution in [1.82, 2.24) is 14.5 Å². The van der Waals surface area contributed by atoms with E-state index >= 15 is 8.78 Å². The number of piperazine rings is 1. The van der Waals surface area contributed by atoms with Gasteiger partial charge in [0.2, 0.25) is 5.91 Å². The van der Waals surface area contributed by atoms with Crippen LogP contribution in [0, 0.1) is 24.4 Å². The Labute approximate surface area is 228 Å². The molecule has 1 saturated heterocycles. The molecular weight excluding hydrogens is 529 g/mol. The van der Waals surface area contributed by atoms with Crippen LogP contribution in [0.1, 0.15) is 25.5 Å². The van der Waals surface area contributed by atoms with Crippen molar-refractivity contribution in [3.63, 3.8) is 0 Å². The first-order valence-corrected chi connectivity index (χ1v) is 13.6. The van der Waals surface area contributed by atoms with E-state index < -0.39 is 23.1 Å². The molecule has 3 heterocycles. The zero-order valence-corrected chi connectivity index (χ0v) is 22.9. The van der Waals surface area contributed by atoms with E-state index in [-0.39, 0.29) is 41.8 Å². The number of methoxy groups -OCH3 is 1. The Kier molecular flexibility index (Phi) is 7.23. The summed E-state index contributed by atoms with van der Waals surface area (Å²) in [5.41, 5.74) is 0.527. The number of amides is 1. The van der Waals surface area contributed by atoms with Crippen LogP contribution < -0.4 is 10.6 Å². The lowest BCUT2D eigenvalue weighted by Gasteiger charge is -2.45. The van der Waals surface area contributed by atoms with Gasteiger partial charge in [0.1, 0.15) is 23.3 Å². The van der Waals surface area contributed by atoms with Gasteiger partial charge in [-0.1, -0.05) is 6.58 Å². The Balaban J connectivity index is 1.77. The van der Waals surface area contributed by atoms with E-state index in [1.54, 1.807) is 29.6 Å². The van der Waals surface area contributed by atoms with Gasteiger partial charge in [0.25, 0.3) is 0 Å². The van der Waals surface area contributed by atoms with E-state index in [4.69, 9.17) is 4.74 Å². The summed E-state index contributed by atoms with van der Waals surface area (Å²) in [4.78, 5) is 34.8. The summed E-state index contributed by atoms with van der Waals surface area (Å²) in [6.07, 6.45) is 1.29. The third kappa shape index (κ3) is 4.51. The van der Waals surface area contributed by atoms with Crippen LogP contribution >= 0.6 is 11.8 Å². The van der Waals surface area contributed by atoms with Gasteiger partial charge in [-0.15, -0.1) is 11.8 Å². The lowest BCUT2D eigenvalue weighted by atomic mass is 9.96. The summed E-state index contributed by atoms with van der Waals surface area (Å²) in [7, 11) is 1.54. The van der Waals surface area contributed by atoms with Crippen LogP contribution in [0.2, 0.25) is 0 Å². The van der Waals surface area contributed by atoms with Crippen molar-refractivity contribution < 1.29 is 22.7 Å². The van der Waals surface area contributed by atoms with E-state index in [1.165, 1.54) is 17.8 Å². The van der Waals surface area contributed by atoms with Crippen LogP contribution in [0.4, 0.5) is 19.0 Å². The number of benzene rings is 2. The van der Waals surface area contributed by atoms with Gasteiger partial charge in [-0.25, -0.2) is 18.0 Å².